The smallest absolute Gasteiger partial charge is 0.320 e. The lowest BCUT2D eigenvalue weighted by molar-refractivity contribution is -0.138. The molecule has 4 nitrogen and oxygen atoms in total. The summed E-state index contributed by atoms with van der Waals surface area (Å²) in [5.74, 6) is -0.642. The van der Waals surface area contributed by atoms with Crippen LogP contribution in [0, 0.1) is 0 Å². The number of rotatable bonds is 9. The van der Waals surface area contributed by atoms with Crippen LogP contribution in [-0.4, -0.2) is 22.9 Å². The largest absolute Gasteiger partial charge is 0.480 e. The Morgan fingerprint density at radius 1 is 1.20 bits per heavy atom. The van der Waals surface area contributed by atoms with E-state index in [1.165, 1.54) is 0 Å². The molecule has 0 amide bonds. The van der Waals surface area contributed by atoms with E-state index >= 15 is 0 Å². The molecule has 0 aliphatic carbocycles. The number of ketones is 1. The van der Waals surface area contributed by atoms with Crippen LogP contribution < -0.4 is 5.73 Å². The third-order valence-electron chi connectivity index (χ3n) is 2.32. The second-order valence-electron chi connectivity index (χ2n) is 3.83. The molecule has 4 heteroatoms. The van der Waals surface area contributed by atoms with Crippen LogP contribution in [0.15, 0.2) is 0 Å². The Balaban J connectivity index is 3.32. The highest BCUT2D eigenvalue weighted by atomic mass is 16.4. The van der Waals surface area contributed by atoms with Crippen molar-refractivity contribution in [3.8, 4) is 0 Å². The molecular formula is C11H21NO3. The van der Waals surface area contributed by atoms with Crippen LogP contribution in [0.1, 0.15) is 51.9 Å². The van der Waals surface area contributed by atoms with Crippen molar-refractivity contribution in [2.75, 3.05) is 0 Å². The minimum atomic E-state index is -0.947. The maximum absolute atomic E-state index is 11.1. The molecule has 0 saturated heterocycles. The fourth-order valence-electron chi connectivity index (χ4n) is 1.39. The minimum absolute atomic E-state index is 0.306. The SMILES string of the molecule is CCCC(=O)CCCCC[C@H](N)C(=O)O. The lowest BCUT2D eigenvalue weighted by Crippen LogP contribution is -2.29. The first-order valence-electron chi connectivity index (χ1n) is 5.58. The predicted molar refractivity (Wildman–Crippen MR) is 58.6 cm³/mol. The topological polar surface area (TPSA) is 80.4 Å². The Labute approximate surface area is 90.8 Å². The Morgan fingerprint density at radius 2 is 1.87 bits per heavy atom. The van der Waals surface area contributed by atoms with Gasteiger partial charge in [-0.1, -0.05) is 19.8 Å². The first-order chi connectivity index (χ1) is 7.07. The van der Waals surface area contributed by atoms with Crippen LogP contribution in [0.4, 0.5) is 0 Å². The minimum Gasteiger partial charge on any atom is -0.480 e. The fraction of sp³-hybridized carbons (Fsp3) is 0.818. The lowest BCUT2D eigenvalue weighted by Gasteiger charge is -2.05. The van der Waals surface area contributed by atoms with Crippen LogP contribution in [0.25, 0.3) is 0 Å². The summed E-state index contributed by atoms with van der Waals surface area (Å²) in [5.41, 5.74) is 5.34. The highest BCUT2D eigenvalue weighted by Gasteiger charge is 2.10. The van der Waals surface area contributed by atoms with Gasteiger partial charge in [0.1, 0.15) is 11.8 Å². The van der Waals surface area contributed by atoms with Crippen molar-refractivity contribution < 1.29 is 14.7 Å². The lowest BCUT2D eigenvalue weighted by atomic mass is 10.0. The molecule has 0 aliphatic heterocycles. The molecule has 0 radical (unpaired) electrons. The van der Waals surface area contributed by atoms with Crippen molar-refractivity contribution in [1.29, 1.82) is 0 Å². The zero-order chi connectivity index (χ0) is 11.7. The van der Waals surface area contributed by atoms with Gasteiger partial charge in [0, 0.05) is 12.8 Å². The number of carbonyl (C=O) groups excluding carboxylic acids is 1. The third-order valence-corrected chi connectivity index (χ3v) is 2.32. The number of unbranched alkanes of at least 4 members (excludes halogenated alkanes) is 2. The molecule has 0 aliphatic rings. The number of hydrogen-bond donors (Lipinski definition) is 2. The van der Waals surface area contributed by atoms with Crippen LogP contribution >= 0.6 is 0 Å². The molecule has 88 valence electrons. The molecule has 0 aromatic heterocycles. The van der Waals surface area contributed by atoms with E-state index in [1.807, 2.05) is 6.92 Å². The van der Waals surface area contributed by atoms with E-state index in [1.54, 1.807) is 0 Å². The van der Waals surface area contributed by atoms with Gasteiger partial charge in [-0.25, -0.2) is 0 Å². The summed E-state index contributed by atoms with van der Waals surface area (Å²) in [7, 11) is 0. The number of carboxylic acids is 1. The Morgan fingerprint density at radius 3 is 2.40 bits per heavy atom. The van der Waals surface area contributed by atoms with Gasteiger partial charge in [0.05, 0.1) is 0 Å². The van der Waals surface area contributed by atoms with Gasteiger partial charge in [0.2, 0.25) is 0 Å². The Bertz CT molecular complexity index is 204. The number of carboxylic acid groups (broad SMARTS) is 1. The molecule has 0 bridgehead atoms. The summed E-state index contributed by atoms with van der Waals surface area (Å²) >= 11 is 0. The summed E-state index contributed by atoms with van der Waals surface area (Å²) < 4.78 is 0. The van der Waals surface area contributed by atoms with Gasteiger partial charge in [-0.05, 0) is 19.3 Å². The van der Waals surface area contributed by atoms with E-state index in [0.717, 1.165) is 25.7 Å². The van der Waals surface area contributed by atoms with Crippen LogP contribution in [0.3, 0.4) is 0 Å². The van der Waals surface area contributed by atoms with Gasteiger partial charge in [0.25, 0.3) is 0 Å². The van der Waals surface area contributed by atoms with Gasteiger partial charge in [-0.3, -0.25) is 9.59 Å². The zero-order valence-electron chi connectivity index (χ0n) is 9.37. The van der Waals surface area contributed by atoms with Gasteiger partial charge in [-0.2, -0.15) is 0 Å². The average Bonchev–Trinajstić information content (AvgIpc) is 2.17. The molecule has 0 unspecified atom stereocenters. The number of Topliss-reactive ketones (excluding diaryl/α,β-unsaturated/α-hetero) is 1. The molecule has 0 rings (SSSR count). The van der Waals surface area contributed by atoms with Crippen molar-refractivity contribution >= 4 is 11.8 Å². The summed E-state index contributed by atoms with van der Waals surface area (Å²) in [5, 5.41) is 8.52. The fourth-order valence-corrected chi connectivity index (χ4v) is 1.39. The second kappa shape index (κ2) is 8.41. The van der Waals surface area contributed by atoms with Crippen molar-refractivity contribution in [3.05, 3.63) is 0 Å². The molecular weight excluding hydrogens is 194 g/mol. The Hall–Kier alpha value is -0.900. The highest BCUT2D eigenvalue weighted by Crippen LogP contribution is 2.07. The number of hydrogen-bond acceptors (Lipinski definition) is 3. The van der Waals surface area contributed by atoms with E-state index in [4.69, 9.17) is 10.8 Å². The Kier molecular flexibility index (Phi) is 7.91. The van der Waals surface area contributed by atoms with Crippen LogP contribution in [0.5, 0.6) is 0 Å². The molecule has 0 spiro atoms. The maximum Gasteiger partial charge on any atom is 0.320 e. The van der Waals surface area contributed by atoms with Gasteiger partial charge < -0.3 is 10.8 Å². The zero-order valence-corrected chi connectivity index (χ0v) is 9.37. The highest BCUT2D eigenvalue weighted by molar-refractivity contribution is 5.78. The summed E-state index contributed by atoms with van der Waals surface area (Å²) in [6.45, 7) is 1.99. The van der Waals surface area contributed by atoms with E-state index in [9.17, 15) is 9.59 Å². The number of nitrogens with two attached hydrogens (primary N) is 1. The van der Waals surface area contributed by atoms with E-state index in [-0.39, 0.29) is 0 Å². The standard InChI is InChI=1S/C11H21NO3/c1-2-6-9(13)7-4-3-5-8-10(12)11(14)15/h10H,2-8,12H2,1H3,(H,14,15)/t10-/m0/s1. The van der Waals surface area contributed by atoms with E-state index < -0.39 is 12.0 Å². The quantitative estimate of drug-likeness (QED) is 0.574. The van der Waals surface area contributed by atoms with Crippen molar-refractivity contribution in [2.45, 2.75) is 57.9 Å². The predicted octanol–water partition coefficient (Wildman–Crippen LogP) is 1.72. The summed E-state index contributed by atoms with van der Waals surface area (Å²) in [6.07, 6.45) is 5.21. The van der Waals surface area contributed by atoms with Gasteiger partial charge >= 0.3 is 5.97 Å². The summed E-state index contributed by atoms with van der Waals surface area (Å²) in [6, 6.07) is -0.753. The number of carbonyl (C=O) groups is 2. The first-order valence-corrected chi connectivity index (χ1v) is 5.58. The molecule has 0 heterocycles. The molecule has 0 aromatic carbocycles. The van der Waals surface area contributed by atoms with Gasteiger partial charge in [0.15, 0.2) is 0 Å². The molecule has 15 heavy (non-hydrogen) atoms. The van der Waals surface area contributed by atoms with Crippen LogP contribution in [-0.2, 0) is 9.59 Å². The maximum atomic E-state index is 11.1. The van der Waals surface area contributed by atoms with Crippen LogP contribution in [0.2, 0.25) is 0 Å². The summed E-state index contributed by atoms with van der Waals surface area (Å²) in [4.78, 5) is 21.5. The van der Waals surface area contributed by atoms with Gasteiger partial charge in [-0.15, -0.1) is 0 Å². The van der Waals surface area contributed by atoms with Crippen molar-refractivity contribution in [1.82, 2.24) is 0 Å². The molecule has 0 fully saturated rings. The van der Waals surface area contributed by atoms with Crippen molar-refractivity contribution in [2.24, 2.45) is 5.73 Å². The first kappa shape index (κ1) is 14.1. The number of aliphatic carboxylic acids is 1. The second-order valence-corrected chi connectivity index (χ2v) is 3.83. The van der Waals surface area contributed by atoms with E-state index in [2.05, 4.69) is 0 Å². The molecule has 1 atom stereocenters. The van der Waals surface area contributed by atoms with Crippen molar-refractivity contribution in [3.63, 3.8) is 0 Å². The molecule has 0 saturated carbocycles. The average molecular weight is 215 g/mol. The third kappa shape index (κ3) is 8.12. The molecule has 0 aromatic rings. The molecule has 3 N–H and O–H groups in total. The van der Waals surface area contributed by atoms with E-state index in [0.29, 0.717) is 25.0 Å². The normalized spacial score (nSPS) is 12.4. The monoisotopic (exact) mass is 215 g/mol.